The van der Waals surface area contributed by atoms with E-state index in [0.29, 0.717) is 26.2 Å². The largest absolute Gasteiger partial charge is 0.381 e. The Hall–Kier alpha value is -1.68. The predicted octanol–water partition coefficient (Wildman–Crippen LogP) is 2.46. The van der Waals surface area contributed by atoms with Crippen molar-refractivity contribution < 1.29 is 14.3 Å². The van der Waals surface area contributed by atoms with Gasteiger partial charge in [0, 0.05) is 6.54 Å². The van der Waals surface area contributed by atoms with Gasteiger partial charge in [0.2, 0.25) is 5.91 Å². The summed E-state index contributed by atoms with van der Waals surface area (Å²) in [5.41, 5.74) is 1.23. The molecule has 0 spiro atoms. The molecule has 0 fully saturated rings. The Labute approximate surface area is 127 Å². The van der Waals surface area contributed by atoms with E-state index in [0.717, 1.165) is 25.5 Å². The second-order valence-corrected chi connectivity index (χ2v) is 4.96. The zero-order chi connectivity index (χ0) is 15.3. The van der Waals surface area contributed by atoms with Gasteiger partial charge >= 0.3 is 0 Å². The van der Waals surface area contributed by atoms with Crippen molar-refractivity contribution in [2.75, 3.05) is 26.3 Å². The molecule has 0 saturated carbocycles. The van der Waals surface area contributed by atoms with Gasteiger partial charge in [0.25, 0.3) is 0 Å². The van der Waals surface area contributed by atoms with E-state index in [1.165, 1.54) is 5.56 Å². The van der Waals surface area contributed by atoms with Crippen molar-refractivity contribution in [2.24, 2.45) is 0 Å². The Bertz CT molecular complexity index is 406. The molecule has 1 aromatic rings. The fraction of sp³-hybridized carbons (Fsp3) is 0.529. The summed E-state index contributed by atoms with van der Waals surface area (Å²) >= 11 is 0. The van der Waals surface area contributed by atoms with E-state index in [1.807, 2.05) is 18.2 Å². The standard InChI is InChI=1S/C17H25NO3/c1-2-3-11-18(12-13-19)17(20)10-15-21-14-9-16-7-5-4-6-8-16/h4-8,13H,2-3,9-12,14-15H2,1H3. The van der Waals surface area contributed by atoms with Gasteiger partial charge in [0.1, 0.15) is 6.29 Å². The Morgan fingerprint density at radius 3 is 2.67 bits per heavy atom. The highest BCUT2D eigenvalue weighted by Gasteiger charge is 2.11. The normalized spacial score (nSPS) is 10.3. The second-order valence-electron chi connectivity index (χ2n) is 4.96. The molecule has 4 heteroatoms. The average molecular weight is 291 g/mol. The van der Waals surface area contributed by atoms with Crippen LogP contribution in [-0.4, -0.2) is 43.4 Å². The highest BCUT2D eigenvalue weighted by Crippen LogP contribution is 2.01. The maximum Gasteiger partial charge on any atom is 0.225 e. The number of unbranched alkanes of at least 4 members (excludes halogenated alkanes) is 1. The first-order chi connectivity index (χ1) is 10.3. The summed E-state index contributed by atoms with van der Waals surface area (Å²) in [5, 5.41) is 0. The summed E-state index contributed by atoms with van der Waals surface area (Å²) in [5.74, 6) is -0.00439. The second kappa shape index (κ2) is 11.0. The molecule has 1 amide bonds. The van der Waals surface area contributed by atoms with E-state index in [4.69, 9.17) is 4.74 Å². The van der Waals surface area contributed by atoms with Gasteiger partial charge in [0.15, 0.2) is 0 Å². The molecule has 0 bridgehead atoms. The quantitative estimate of drug-likeness (QED) is 0.465. The van der Waals surface area contributed by atoms with Crippen LogP contribution in [0.2, 0.25) is 0 Å². The molecule has 116 valence electrons. The van der Waals surface area contributed by atoms with Gasteiger partial charge in [-0.3, -0.25) is 4.79 Å². The smallest absolute Gasteiger partial charge is 0.225 e. The molecule has 0 aliphatic carbocycles. The molecule has 0 aliphatic rings. The number of carbonyl (C=O) groups excluding carboxylic acids is 2. The van der Waals surface area contributed by atoms with E-state index in [9.17, 15) is 9.59 Å². The minimum atomic E-state index is -0.00439. The van der Waals surface area contributed by atoms with Crippen molar-refractivity contribution in [1.82, 2.24) is 4.90 Å². The lowest BCUT2D eigenvalue weighted by Gasteiger charge is -2.19. The van der Waals surface area contributed by atoms with Gasteiger partial charge in [-0.25, -0.2) is 0 Å². The van der Waals surface area contributed by atoms with Crippen LogP contribution in [-0.2, 0) is 20.7 Å². The molecule has 0 aliphatic heterocycles. The van der Waals surface area contributed by atoms with Gasteiger partial charge in [-0.05, 0) is 18.4 Å². The van der Waals surface area contributed by atoms with E-state index in [2.05, 4.69) is 19.1 Å². The minimum Gasteiger partial charge on any atom is -0.381 e. The number of rotatable bonds is 11. The molecule has 0 unspecified atom stereocenters. The third-order valence-electron chi connectivity index (χ3n) is 3.27. The van der Waals surface area contributed by atoms with Gasteiger partial charge in [-0.15, -0.1) is 0 Å². The molecule has 1 aromatic carbocycles. The zero-order valence-corrected chi connectivity index (χ0v) is 12.8. The lowest BCUT2D eigenvalue weighted by atomic mass is 10.2. The topological polar surface area (TPSA) is 46.6 Å². The SMILES string of the molecule is CCCCN(CC=O)C(=O)CCOCCc1ccccc1. The van der Waals surface area contributed by atoms with Crippen molar-refractivity contribution in [2.45, 2.75) is 32.6 Å². The summed E-state index contributed by atoms with van der Waals surface area (Å²) in [4.78, 5) is 24.2. The summed E-state index contributed by atoms with van der Waals surface area (Å²) in [6.45, 7) is 3.92. The number of benzene rings is 1. The number of ether oxygens (including phenoxy) is 1. The number of hydrogen-bond acceptors (Lipinski definition) is 3. The number of hydrogen-bond donors (Lipinski definition) is 0. The average Bonchev–Trinajstić information content (AvgIpc) is 2.52. The van der Waals surface area contributed by atoms with Crippen molar-refractivity contribution >= 4 is 12.2 Å². The van der Waals surface area contributed by atoms with E-state index < -0.39 is 0 Å². The van der Waals surface area contributed by atoms with Gasteiger partial charge in [-0.2, -0.15) is 0 Å². The lowest BCUT2D eigenvalue weighted by Crippen LogP contribution is -2.34. The Kier molecular flexibility index (Phi) is 9.13. The van der Waals surface area contributed by atoms with Crippen LogP contribution in [0, 0.1) is 0 Å². The Morgan fingerprint density at radius 1 is 1.24 bits per heavy atom. The minimum absolute atomic E-state index is 0.00439. The van der Waals surface area contributed by atoms with Crippen molar-refractivity contribution in [3.63, 3.8) is 0 Å². The zero-order valence-electron chi connectivity index (χ0n) is 12.8. The summed E-state index contributed by atoms with van der Waals surface area (Å²) < 4.78 is 5.51. The monoisotopic (exact) mass is 291 g/mol. The summed E-state index contributed by atoms with van der Waals surface area (Å²) in [6, 6.07) is 10.1. The molecular formula is C17H25NO3. The van der Waals surface area contributed by atoms with Crippen LogP contribution in [0.5, 0.6) is 0 Å². The van der Waals surface area contributed by atoms with Crippen molar-refractivity contribution in [1.29, 1.82) is 0 Å². The van der Waals surface area contributed by atoms with Gasteiger partial charge < -0.3 is 14.4 Å². The number of aldehydes is 1. The molecule has 0 atom stereocenters. The molecule has 0 radical (unpaired) electrons. The van der Waals surface area contributed by atoms with Gasteiger partial charge in [-0.1, -0.05) is 43.7 Å². The van der Waals surface area contributed by atoms with Crippen LogP contribution in [0.4, 0.5) is 0 Å². The fourth-order valence-corrected chi connectivity index (χ4v) is 2.01. The number of nitrogens with zero attached hydrogens (tertiary/aromatic N) is 1. The van der Waals surface area contributed by atoms with Crippen molar-refractivity contribution in [3.8, 4) is 0 Å². The third kappa shape index (κ3) is 7.61. The molecule has 0 N–H and O–H groups in total. The van der Waals surface area contributed by atoms with E-state index >= 15 is 0 Å². The molecule has 0 heterocycles. The maximum absolute atomic E-state index is 12.0. The molecule has 0 saturated heterocycles. The molecule has 21 heavy (non-hydrogen) atoms. The summed E-state index contributed by atoms with van der Waals surface area (Å²) in [6.07, 6.45) is 3.91. The molecule has 4 nitrogen and oxygen atoms in total. The lowest BCUT2D eigenvalue weighted by molar-refractivity contribution is -0.134. The van der Waals surface area contributed by atoms with Crippen LogP contribution in [0.1, 0.15) is 31.7 Å². The highest BCUT2D eigenvalue weighted by molar-refractivity contribution is 5.78. The maximum atomic E-state index is 12.0. The Balaban J connectivity index is 2.17. The number of amides is 1. The molecular weight excluding hydrogens is 266 g/mol. The fourth-order valence-electron chi connectivity index (χ4n) is 2.01. The first-order valence-corrected chi connectivity index (χ1v) is 7.61. The molecule has 1 rings (SSSR count). The number of carbonyl (C=O) groups is 2. The van der Waals surface area contributed by atoms with Crippen LogP contribution in [0.3, 0.4) is 0 Å². The Morgan fingerprint density at radius 2 is 2.00 bits per heavy atom. The first-order valence-electron chi connectivity index (χ1n) is 7.61. The predicted molar refractivity (Wildman–Crippen MR) is 83.1 cm³/mol. The van der Waals surface area contributed by atoms with Crippen molar-refractivity contribution in [3.05, 3.63) is 35.9 Å². The van der Waals surface area contributed by atoms with Gasteiger partial charge in [0.05, 0.1) is 26.2 Å². The van der Waals surface area contributed by atoms with Crippen LogP contribution < -0.4 is 0 Å². The van der Waals surface area contributed by atoms with Crippen LogP contribution in [0.15, 0.2) is 30.3 Å². The van der Waals surface area contributed by atoms with Crippen LogP contribution >= 0.6 is 0 Å². The summed E-state index contributed by atoms with van der Waals surface area (Å²) in [7, 11) is 0. The van der Waals surface area contributed by atoms with Crippen LogP contribution in [0.25, 0.3) is 0 Å². The third-order valence-corrected chi connectivity index (χ3v) is 3.27. The highest BCUT2D eigenvalue weighted by atomic mass is 16.5. The molecule has 0 aromatic heterocycles. The van der Waals surface area contributed by atoms with E-state index in [-0.39, 0.29) is 12.5 Å². The van der Waals surface area contributed by atoms with E-state index in [1.54, 1.807) is 4.90 Å². The first kappa shape index (κ1) is 17.4.